The van der Waals surface area contributed by atoms with E-state index >= 15 is 0 Å². The lowest BCUT2D eigenvalue weighted by molar-refractivity contribution is -0.428. The highest BCUT2D eigenvalue weighted by Gasteiger charge is 2.21. The summed E-state index contributed by atoms with van der Waals surface area (Å²) in [5.74, 6) is 2.50. The first-order chi connectivity index (χ1) is 13.2. The van der Waals surface area contributed by atoms with E-state index in [1.807, 2.05) is 40.9 Å². The van der Waals surface area contributed by atoms with Gasteiger partial charge in [-0.2, -0.15) is 4.52 Å². The van der Waals surface area contributed by atoms with E-state index in [0.29, 0.717) is 0 Å². The van der Waals surface area contributed by atoms with Gasteiger partial charge >= 0.3 is 0 Å². The Bertz CT molecular complexity index is 1030. The van der Waals surface area contributed by atoms with Crippen LogP contribution < -0.4 is 10.5 Å². The predicted octanol–water partition coefficient (Wildman–Crippen LogP) is 3.01. The number of methoxy groups -OCH3 is 1. The second kappa shape index (κ2) is 8.08. The van der Waals surface area contributed by atoms with Crippen molar-refractivity contribution in [1.29, 1.82) is 0 Å². The number of benzene rings is 2. The molecule has 0 aliphatic heterocycles. The number of rotatable bonds is 7. The fraction of sp³-hybridized carbons (Fsp3) is 0.211. The standard InChI is InChI=1S/C19H19N5OS2/c1-25-15-9-5-8-14(10-15)12-26-19-23-24-17(21-22-18(24)27-19)16(20)11-13-6-3-2-4-7-13/h2-10,16H,11-12,20H2,1H3/p+1/t16-/m0/s1. The second-order valence-electron chi connectivity index (χ2n) is 6.15. The van der Waals surface area contributed by atoms with Crippen LogP contribution >= 0.6 is 23.1 Å². The Balaban J connectivity index is 1.48. The molecule has 2 heterocycles. The van der Waals surface area contributed by atoms with E-state index in [1.54, 1.807) is 30.2 Å². The molecule has 8 heteroatoms. The van der Waals surface area contributed by atoms with Crippen molar-refractivity contribution in [1.82, 2.24) is 19.8 Å². The molecule has 0 unspecified atom stereocenters. The highest BCUT2D eigenvalue weighted by molar-refractivity contribution is 8.00. The molecule has 0 bridgehead atoms. The van der Waals surface area contributed by atoms with Crippen LogP contribution in [0.4, 0.5) is 0 Å². The van der Waals surface area contributed by atoms with Crippen LogP contribution in [-0.4, -0.2) is 26.9 Å². The van der Waals surface area contributed by atoms with Crippen LogP contribution in [0.2, 0.25) is 0 Å². The summed E-state index contributed by atoms with van der Waals surface area (Å²) in [6.07, 6.45) is 0.811. The SMILES string of the molecule is COc1cccc(CSc2nn3c([C@@H]([NH3+])Cc4ccccc4)nnc3s2)c1. The summed E-state index contributed by atoms with van der Waals surface area (Å²) in [6.45, 7) is 0. The Labute approximate surface area is 165 Å². The van der Waals surface area contributed by atoms with E-state index in [-0.39, 0.29) is 6.04 Å². The van der Waals surface area contributed by atoms with Gasteiger partial charge in [-0.25, -0.2) is 0 Å². The third kappa shape index (κ3) is 4.13. The molecule has 2 aromatic heterocycles. The minimum atomic E-state index is 0.000680. The highest BCUT2D eigenvalue weighted by Crippen LogP contribution is 2.29. The van der Waals surface area contributed by atoms with Gasteiger partial charge in [-0.05, 0) is 23.3 Å². The monoisotopic (exact) mass is 398 g/mol. The van der Waals surface area contributed by atoms with Crippen molar-refractivity contribution >= 4 is 28.1 Å². The summed E-state index contributed by atoms with van der Waals surface area (Å²) < 4.78 is 8.08. The summed E-state index contributed by atoms with van der Waals surface area (Å²) in [6, 6.07) is 18.4. The van der Waals surface area contributed by atoms with Gasteiger partial charge in [-0.1, -0.05) is 65.6 Å². The fourth-order valence-corrected chi connectivity index (χ4v) is 4.65. The molecule has 4 rings (SSSR count). The Kier molecular flexibility index (Phi) is 5.38. The number of fused-ring (bicyclic) bond motifs is 1. The van der Waals surface area contributed by atoms with Crippen molar-refractivity contribution in [3.8, 4) is 5.75 Å². The first kappa shape index (κ1) is 18.0. The predicted molar refractivity (Wildman–Crippen MR) is 107 cm³/mol. The van der Waals surface area contributed by atoms with E-state index in [2.05, 4.69) is 34.1 Å². The number of ether oxygens (including phenoxy) is 1. The van der Waals surface area contributed by atoms with Crippen LogP contribution in [0.1, 0.15) is 23.0 Å². The quantitative estimate of drug-likeness (QED) is 0.484. The third-order valence-electron chi connectivity index (χ3n) is 4.18. The van der Waals surface area contributed by atoms with Crippen LogP contribution in [0.25, 0.3) is 4.96 Å². The molecule has 0 saturated heterocycles. The van der Waals surface area contributed by atoms with Gasteiger partial charge in [-0.3, -0.25) is 0 Å². The topological polar surface area (TPSA) is 80.0 Å². The molecule has 0 aliphatic carbocycles. The lowest BCUT2D eigenvalue weighted by atomic mass is 10.1. The Morgan fingerprint density at radius 1 is 1.11 bits per heavy atom. The smallest absolute Gasteiger partial charge is 0.235 e. The first-order valence-electron chi connectivity index (χ1n) is 8.58. The molecule has 27 heavy (non-hydrogen) atoms. The van der Waals surface area contributed by atoms with Crippen LogP contribution in [0.15, 0.2) is 58.9 Å². The molecule has 6 nitrogen and oxygen atoms in total. The number of thioether (sulfide) groups is 1. The molecule has 0 saturated carbocycles. The van der Waals surface area contributed by atoms with Gasteiger partial charge in [0, 0.05) is 12.2 Å². The number of hydrogen-bond donors (Lipinski definition) is 1. The van der Waals surface area contributed by atoms with Gasteiger partial charge in [0.25, 0.3) is 0 Å². The van der Waals surface area contributed by atoms with Crippen LogP contribution in [0.3, 0.4) is 0 Å². The van der Waals surface area contributed by atoms with Crippen molar-refractivity contribution in [2.45, 2.75) is 22.6 Å². The van der Waals surface area contributed by atoms with Crippen molar-refractivity contribution in [3.05, 3.63) is 71.5 Å². The number of quaternary nitrogens is 1. The van der Waals surface area contributed by atoms with E-state index in [9.17, 15) is 0 Å². The van der Waals surface area contributed by atoms with Crippen molar-refractivity contribution in [3.63, 3.8) is 0 Å². The van der Waals surface area contributed by atoms with Crippen LogP contribution in [0.5, 0.6) is 5.75 Å². The molecule has 0 amide bonds. The molecule has 138 valence electrons. The lowest BCUT2D eigenvalue weighted by Gasteiger charge is -2.05. The van der Waals surface area contributed by atoms with Crippen molar-refractivity contribution in [2.24, 2.45) is 0 Å². The molecule has 0 fully saturated rings. The summed E-state index contributed by atoms with van der Waals surface area (Å²) >= 11 is 3.24. The Morgan fingerprint density at radius 2 is 1.93 bits per heavy atom. The zero-order valence-electron chi connectivity index (χ0n) is 14.9. The van der Waals surface area contributed by atoms with Crippen LogP contribution in [-0.2, 0) is 12.2 Å². The highest BCUT2D eigenvalue weighted by atomic mass is 32.2. The van der Waals surface area contributed by atoms with Gasteiger partial charge < -0.3 is 10.5 Å². The lowest BCUT2D eigenvalue weighted by Crippen LogP contribution is -2.55. The molecule has 0 aliphatic rings. The minimum Gasteiger partial charge on any atom is -0.497 e. The molecule has 1 atom stereocenters. The average Bonchev–Trinajstić information content (AvgIpc) is 3.27. The van der Waals surface area contributed by atoms with E-state index in [1.165, 1.54) is 11.1 Å². The molecule has 4 aromatic rings. The first-order valence-corrected chi connectivity index (χ1v) is 10.4. The van der Waals surface area contributed by atoms with Crippen molar-refractivity contribution in [2.75, 3.05) is 7.11 Å². The van der Waals surface area contributed by atoms with E-state index in [4.69, 9.17) is 9.84 Å². The van der Waals surface area contributed by atoms with Gasteiger partial charge in [-0.15, -0.1) is 15.3 Å². The largest absolute Gasteiger partial charge is 0.497 e. The maximum absolute atomic E-state index is 5.28. The Hall–Kier alpha value is -2.42. The second-order valence-corrected chi connectivity index (χ2v) is 8.33. The van der Waals surface area contributed by atoms with Gasteiger partial charge in [0.15, 0.2) is 10.4 Å². The van der Waals surface area contributed by atoms with Gasteiger partial charge in [0.1, 0.15) is 5.75 Å². The third-order valence-corrected chi connectivity index (χ3v) is 6.29. The number of hydrogen-bond acceptors (Lipinski definition) is 6. The maximum atomic E-state index is 5.28. The normalized spacial score (nSPS) is 12.4. The molecule has 2 aromatic carbocycles. The zero-order chi connectivity index (χ0) is 18.6. The zero-order valence-corrected chi connectivity index (χ0v) is 16.5. The molecule has 0 radical (unpaired) electrons. The average molecular weight is 399 g/mol. The van der Waals surface area contributed by atoms with E-state index in [0.717, 1.165) is 33.0 Å². The molecule has 0 spiro atoms. The Morgan fingerprint density at radius 3 is 2.74 bits per heavy atom. The summed E-state index contributed by atoms with van der Waals surface area (Å²) in [4.78, 5) is 0.805. The molecule has 3 N–H and O–H groups in total. The maximum Gasteiger partial charge on any atom is 0.235 e. The number of nitrogens with zero attached hydrogens (tertiary/aromatic N) is 4. The minimum absolute atomic E-state index is 0.000680. The van der Waals surface area contributed by atoms with Gasteiger partial charge in [0.05, 0.1) is 7.11 Å². The van der Waals surface area contributed by atoms with E-state index < -0.39 is 0 Å². The molecular weight excluding hydrogens is 378 g/mol. The van der Waals surface area contributed by atoms with Gasteiger partial charge in [0.2, 0.25) is 10.8 Å². The number of aromatic nitrogens is 4. The molecular formula is C19H20N5OS2+. The van der Waals surface area contributed by atoms with Crippen molar-refractivity contribution < 1.29 is 10.5 Å². The summed E-state index contributed by atoms with van der Waals surface area (Å²) in [7, 11) is 1.68. The van der Waals surface area contributed by atoms with Crippen LogP contribution in [0, 0.1) is 0 Å². The summed E-state index contributed by atoms with van der Waals surface area (Å²) in [5, 5.41) is 13.3. The summed E-state index contributed by atoms with van der Waals surface area (Å²) in [5.41, 5.74) is 6.70. The fourth-order valence-electron chi connectivity index (χ4n) is 2.82.